The zero-order valence-corrected chi connectivity index (χ0v) is 20.5. The molecule has 0 unspecified atom stereocenters. The number of unbranched alkanes of at least 4 members (excludes halogenated alkanes) is 12. The van der Waals surface area contributed by atoms with Crippen LogP contribution >= 0.6 is 0 Å². The van der Waals surface area contributed by atoms with Crippen LogP contribution in [0, 0.1) is 0 Å². The average molecular weight is 384 g/mol. The fourth-order valence-electron chi connectivity index (χ4n) is 3.72. The molecule has 0 saturated heterocycles. The van der Waals surface area contributed by atoms with Gasteiger partial charge in [0.2, 0.25) is 0 Å². The van der Waals surface area contributed by atoms with Crippen LogP contribution in [0.25, 0.3) is 0 Å². The van der Waals surface area contributed by atoms with E-state index in [4.69, 9.17) is 0 Å². The van der Waals surface area contributed by atoms with Crippen molar-refractivity contribution in [3.63, 3.8) is 0 Å². The van der Waals surface area contributed by atoms with Crippen molar-refractivity contribution in [2.24, 2.45) is 0 Å². The normalized spacial score (nSPS) is 12.7. The highest BCUT2D eigenvalue weighted by Crippen LogP contribution is 2.17. The second-order valence-corrected chi connectivity index (χ2v) is 16.1. The summed E-state index contributed by atoms with van der Waals surface area (Å²) in [5, 5.41) is 3.80. The van der Waals surface area contributed by atoms with Gasteiger partial charge in [-0.25, -0.2) is 0 Å². The Morgan fingerprint density at radius 1 is 0.615 bits per heavy atom. The smallest absolute Gasteiger partial charge is 0.0443 e. The molecule has 0 rings (SSSR count). The lowest BCUT2D eigenvalue weighted by Crippen LogP contribution is -2.40. The molecule has 0 aliphatic carbocycles. The number of nitrogens with one attached hydrogen (secondary N) is 1. The monoisotopic (exact) mass is 383 g/mol. The molecule has 0 spiro atoms. The topological polar surface area (TPSA) is 12.0 Å². The molecule has 158 valence electrons. The molecule has 0 aromatic carbocycles. The minimum atomic E-state index is -0.854. The van der Waals surface area contributed by atoms with E-state index < -0.39 is 8.07 Å². The third-order valence-corrected chi connectivity index (χ3v) is 7.47. The van der Waals surface area contributed by atoms with Gasteiger partial charge in [-0.2, -0.15) is 0 Å². The van der Waals surface area contributed by atoms with E-state index in [-0.39, 0.29) is 0 Å². The molecular weight excluding hydrogens is 330 g/mol. The largest absolute Gasteiger partial charge is 0.312 e. The summed E-state index contributed by atoms with van der Waals surface area (Å²) in [6.45, 7) is 15.7. The summed E-state index contributed by atoms with van der Waals surface area (Å²) in [6, 6.07) is 1.45. The Morgan fingerprint density at radius 2 is 1.04 bits per heavy atom. The van der Waals surface area contributed by atoms with Crippen molar-refractivity contribution < 1.29 is 0 Å². The lowest BCUT2D eigenvalue weighted by molar-refractivity contribution is 0.347. The molecule has 0 radical (unpaired) electrons. The molecule has 0 saturated carbocycles. The van der Waals surface area contributed by atoms with E-state index in [0.717, 1.165) is 0 Å². The van der Waals surface area contributed by atoms with E-state index in [1.54, 1.807) is 0 Å². The van der Waals surface area contributed by atoms with E-state index in [0.29, 0.717) is 5.54 Å². The molecule has 0 bridgehead atoms. The van der Waals surface area contributed by atoms with Crippen molar-refractivity contribution in [3.05, 3.63) is 0 Å². The first-order valence-electron chi connectivity index (χ1n) is 12.0. The molecule has 0 aromatic rings. The zero-order valence-electron chi connectivity index (χ0n) is 19.5. The molecule has 0 aliphatic heterocycles. The second kappa shape index (κ2) is 16.2. The Hall–Kier alpha value is 0.177. The summed E-state index contributed by atoms with van der Waals surface area (Å²) in [5.74, 6) is 0. The number of rotatable bonds is 19. The van der Waals surface area contributed by atoms with Gasteiger partial charge in [-0.15, -0.1) is 0 Å². The van der Waals surface area contributed by atoms with Gasteiger partial charge < -0.3 is 5.32 Å². The van der Waals surface area contributed by atoms with Crippen molar-refractivity contribution in [1.29, 1.82) is 0 Å². The summed E-state index contributed by atoms with van der Waals surface area (Å²) < 4.78 is 0. The molecule has 0 fully saturated rings. The number of hydrogen-bond donors (Lipinski definition) is 1. The molecule has 0 aromatic heterocycles. The highest BCUT2D eigenvalue weighted by Gasteiger charge is 2.17. The Labute approximate surface area is 168 Å². The van der Waals surface area contributed by atoms with Crippen LogP contribution < -0.4 is 5.32 Å². The van der Waals surface area contributed by atoms with E-state index in [1.165, 1.54) is 109 Å². The predicted octanol–water partition coefficient (Wildman–Crippen LogP) is 8.56. The van der Waals surface area contributed by atoms with Gasteiger partial charge in [-0.1, -0.05) is 116 Å². The van der Waals surface area contributed by atoms with Crippen LogP contribution in [0.2, 0.25) is 25.7 Å². The highest BCUT2D eigenvalue weighted by atomic mass is 28.3. The molecule has 1 N–H and O–H groups in total. The fourth-order valence-corrected chi connectivity index (χ4v) is 4.96. The Balaban J connectivity index is 3.35. The van der Waals surface area contributed by atoms with Crippen LogP contribution in [0.1, 0.15) is 117 Å². The van der Waals surface area contributed by atoms with E-state index >= 15 is 0 Å². The summed E-state index contributed by atoms with van der Waals surface area (Å²) in [5.41, 5.74) is 0.331. The van der Waals surface area contributed by atoms with Crippen LogP contribution in [0.3, 0.4) is 0 Å². The van der Waals surface area contributed by atoms with Crippen LogP contribution in [-0.4, -0.2) is 20.2 Å². The predicted molar refractivity (Wildman–Crippen MR) is 125 cm³/mol. The van der Waals surface area contributed by atoms with Crippen molar-refractivity contribution in [3.8, 4) is 0 Å². The summed E-state index contributed by atoms with van der Waals surface area (Å²) in [4.78, 5) is 0. The van der Waals surface area contributed by atoms with Crippen LogP contribution in [0.4, 0.5) is 0 Å². The lowest BCUT2D eigenvalue weighted by atomic mass is 9.95. The van der Waals surface area contributed by atoms with E-state index in [9.17, 15) is 0 Å². The average Bonchev–Trinajstić information content (AvgIpc) is 2.55. The molecule has 0 heterocycles. The molecule has 0 atom stereocenters. The van der Waals surface area contributed by atoms with Gasteiger partial charge >= 0.3 is 0 Å². The maximum absolute atomic E-state index is 3.80. The van der Waals surface area contributed by atoms with Crippen molar-refractivity contribution >= 4 is 8.07 Å². The SMILES string of the molecule is CCCCCCCCCCCCCCCC(C)(C)NCCC[Si](C)(C)C. The van der Waals surface area contributed by atoms with Crippen LogP contribution in [-0.2, 0) is 0 Å². The third-order valence-electron chi connectivity index (χ3n) is 5.61. The highest BCUT2D eigenvalue weighted by molar-refractivity contribution is 6.76. The van der Waals surface area contributed by atoms with Gasteiger partial charge in [0.1, 0.15) is 0 Å². The molecule has 2 heteroatoms. The minimum absolute atomic E-state index is 0.331. The van der Waals surface area contributed by atoms with Gasteiger partial charge in [-0.3, -0.25) is 0 Å². The summed E-state index contributed by atoms with van der Waals surface area (Å²) in [7, 11) is -0.854. The Kier molecular flexibility index (Phi) is 16.3. The lowest BCUT2D eigenvalue weighted by Gasteiger charge is -2.27. The van der Waals surface area contributed by atoms with E-state index in [1.807, 2.05) is 0 Å². The Morgan fingerprint density at radius 3 is 1.46 bits per heavy atom. The summed E-state index contributed by atoms with van der Waals surface area (Å²) in [6.07, 6.45) is 21.5. The van der Waals surface area contributed by atoms with Gasteiger partial charge in [0.15, 0.2) is 0 Å². The molecule has 0 aliphatic rings. The van der Waals surface area contributed by atoms with Gasteiger partial charge in [-0.05, 0) is 33.2 Å². The maximum atomic E-state index is 3.80. The molecule has 0 amide bonds. The van der Waals surface area contributed by atoms with Crippen molar-refractivity contribution in [2.45, 2.75) is 148 Å². The molecular formula is C24H53NSi. The first-order valence-corrected chi connectivity index (χ1v) is 15.7. The zero-order chi connectivity index (χ0) is 19.7. The van der Waals surface area contributed by atoms with Gasteiger partial charge in [0, 0.05) is 13.6 Å². The molecule has 1 nitrogen and oxygen atoms in total. The van der Waals surface area contributed by atoms with E-state index in [2.05, 4.69) is 45.7 Å². The Bertz CT molecular complexity index is 293. The maximum Gasteiger partial charge on any atom is 0.0443 e. The van der Waals surface area contributed by atoms with Crippen molar-refractivity contribution in [1.82, 2.24) is 5.32 Å². The van der Waals surface area contributed by atoms with Crippen LogP contribution in [0.5, 0.6) is 0 Å². The first-order chi connectivity index (χ1) is 12.3. The van der Waals surface area contributed by atoms with Gasteiger partial charge in [0.05, 0.1) is 0 Å². The first kappa shape index (κ1) is 26.2. The van der Waals surface area contributed by atoms with Gasteiger partial charge in [0.25, 0.3) is 0 Å². The standard InChI is InChI=1S/C24H53NSi/c1-7-8-9-10-11-12-13-14-15-16-17-18-19-21-24(2,3)25-22-20-23-26(4,5)6/h25H,7-23H2,1-6H3. The second-order valence-electron chi connectivity index (χ2n) is 10.5. The molecule has 26 heavy (non-hydrogen) atoms. The fraction of sp³-hybridized carbons (Fsp3) is 1.00. The summed E-state index contributed by atoms with van der Waals surface area (Å²) >= 11 is 0. The quantitative estimate of drug-likeness (QED) is 0.174. The minimum Gasteiger partial charge on any atom is -0.312 e. The third kappa shape index (κ3) is 20.5. The number of hydrogen-bond acceptors (Lipinski definition) is 1. The van der Waals surface area contributed by atoms with Crippen molar-refractivity contribution in [2.75, 3.05) is 6.54 Å². The van der Waals surface area contributed by atoms with Crippen LogP contribution in [0.15, 0.2) is 0 Å².